The molecule has 0 spiro atoms. The Morgan fingerprint density at radius 3 is 2.58 bits per heavy atom. The van der Waals surface area contributed by atoms with Crippen molar-refractivity contribution in [1.82, 2.24) is 4.98 Å². The molecule has 1 heterocycles. The molecule has 0 saturated carbocycles. The highest BCUT2D eigenvalue weighted by Gasteiger charge is 2.06. The second kappa shape index (κ2) is 7.16. The molecular formula is C15H13NOS2. The van der Waals surface area contributed by atoms with Gasteiger partial charge < -0.3 is 0 Å². The average molecular weight is 287 g/mol. The van der Waals surface area contributed by atoms with E-state index < -0.39 is 0 Å². The van der Waals surface area contributed by atoms with Gasteiger partial charge in [0.2, 0.25) is 0 Å². The lowest BCUT2D eigenvalue weighted by Gasteiger charge is -2.03. The fourth-order valence-corrected chi connectivity index (χ4v) is 2.97. The Kier molecular flexibility index (Phi) is 5.24. The van der Waals surface area contributed by atoms with Gasteiger partial charge in [0.15, 0.2) is 5.78 Å². The molecule has 0 fully saturated rings. The number of aromatic nitrogens is 1. The van der Waals surface area contributed by atoms with E-state index in [1.807, 2.05) is 36.6 Å². The Bertz CT molecular complexity index is 567. The van der Waals surface area contributed by atoms with Gasteiger partial charge in [0, 0.05) is 33.2 Å². The van der Waals surface area contributed by atoms with Crippen LogP contribution < -0.4 is 0 Å². The molecule has 4 heteroatoms. The van der Waals surface area contributed by atoms with Gasteiger partial charge in [0.1, 0.15) is 0 Å². The van der Waals surface area contributed by atoms with Gasteiger partial charge in [-0.25, -0.2) is 0 Å². The van der Waals surface area contributed by atoms with E-state index in [0.29, 0.717) is 5.56 Å². The van der Waals surface area contributed by atoms with Crippen molar-refractivity contribution in [1.29, 1.82) is 0 Å². The third-order valence-electron chi connectivity index (χ3n) is 2.36. The Morgan fingerprint density at radius 2 is 1.95 bits per heavy atom. The normalized spacial score (nSPS) is 11.3. The highest BCUT2D eigenvalue weighted by Crippen LogP contribution is 2.33. The zero-order chi connectivity index (χ0) is 13.5. The largest absolute Gasteiger partial charge is 0.289 e. The van der Waals surface area contributed by atoms with Crippen LogP contribution >= 0.6 is 23.5 Å². The zero-order valence-corrected chi connectivity index (χ0v) is 12.1. The molecular weight excluding hydrogens is 274 g/mol. The molecule has 2 aromatic rings. The molecule has 96 valence electrons. The number of hydrogen-bond donors (Lipinski definition) is 0. The maximum absolute atomic E-state index is 12.1. The van der Waals surface area contributed by atoms with Crippen LogP contribution in [-0.4, -0.2) is 17.0 Å². The third kappa shape index (κ3) is 4.26. The van der Waals surface area contributed by atoms with Crippen LogP contribution in [0.4, 0.5) is 0 Å². The summed E-state index contributed by atoms with van der Waals surface area (Å²) in [5, 5.41) is 0. The lowest BCUT2D eigenvalue weighted by molar-refractivity contribution is 0.104. The number of pyridine rings is 1. The van der Waals surface area contributed by atoms with Gasteiger partial charge in [-0.1, -0.05) is 30.0 Å². The Hall–Kier alpha value is -1.52. The molecule has 2 rings (SSSR count). The van der Waals surface area contributed by atoms with Crippen molar-refractivity contribution in [2.75, 3.05) is 6.26 Å². The standard InChI is InChI=1S/C15H13NOS2/c1-18-15(19-13-7-3-2-4-8-13)10-14(17)12-6-5-9-16-11-12/h2-11H,1H3/b15-10-. The third-order valence-corrected chi connectivity index (χ3v) is 4.45. The Balaban J connectivity index is 2.13. The van der Waals surface area contributed by atoms with Crippen LogP contribution in [0.1, 0.15) is 10.4 Å². The van der Waals surface area contributed by atoms with Crippen LogP contribution in [0.2, 0.25) is 0 Å². The van der Waals surface area contributed by atoms with Crippen LogP contribution in [0, 0.1) is 0 Å². The second-order valence-corrected chi connectivity index (χ2v) is 5.91. The van der Waals surface area contributed by atoms with Crippen LogP contribution in [0.3, 0.4) is 0 Å². The summed E-state index contributed by atoms with van der Waals surface area (Å²) in [7, 11) is 0. The number of ketones is 1. The topological polar surface area (TPSA) is 30.0 Å². The van der Waals surface area contributed by atoms with Crippen LogP contribution in [0.5, 0.6) is 0 Å². The number of carbonyl (C=O) groups excluding carboxylic acids is 1. The molecule has 0 N–H and O–H groups in total. The van der Waals surface area contributed by atoms with Gasteiger partial charge in [-0.2, -0.15) is 0 Å². The van der Waals surface area contributed by atoms with Gasteiger partial charge in [0.25, 0.3) is 0 Å². The molecule has 0 unspecified atom stereocenters. The van der Waals surface area contributed by atoms with E-state index in [2.05, 4.69) is 4.98 Å². The smallest absolute Gasteiger partial charge is 0.189 e. The molecule has 0 atom stereocenters. The van der Waals surface area contributed by atoms with E-state index in [0.717, 1.165) is 9.13 Å². The second-order valence-electron chi connectivity index (χ2n) is 3.69. The summed E-state index contributed by atoms with van der Waals surface area (Å²) in [6.07, 6.45) is 6.89. The molecule has 19 heavy (non-hydrogen) atoms. The summed E-state index contributed by atoms with van der Waals surface area (Å²) in [4.78, 5) is 17.1. The Morgan fingerprint density at radius 1 is 1.16 bits per heavy atom. The maximum atomic E-state index is 12.1. The van der Waals surface area contributed by atoms with Crippen molar-refractivity contribution in [3.63, 3.8) is 0 Å². The predicted molar refractivity (Wildman–Crippen MR) is 82.5 cm³/mol. The molecule has 1 aromatic carbocycles. The number of benzene rings is 1. The van der Waals surface area contributed by atoms with Gasteiger partial charge in [-0.05, 0) is 30.5 Å². The summed E-state index contributed by atoms with van der Waals surface area (Å²) >= 11 is 3.17. The fourth-order valence-electron chi connectivity index (χ4n) is 1.43. The van der Waals surface area contributed by atoms with Crippen molar-refractivity contribution in [3.8, 4) is 0 Å². The zero-order valence-electron chi connectivity index (χ0n) is 10.4. The van der Waals surface area contributed by atoms with Crippen molar-refractivity contribution in [2.24, 2.45) is 0 Å². The quantitative estimate of drug-likeness (QED) is 0.467. The first kappa shape index (κ1) is 13.9. The van der Waals surface area contributed by atoms with Crippen molar-refractivity contribution >= 4 is 29.3 Å². The summed E-state index contributed by atoms with van der Waals surface area (Å²) in [6, 6.07) is 13.6. The number of allylic oxidation sites excluding steroid dienone is 1. The van der Waals surface area contributed by atoms with Crippen LogP contribution in [-0.2, 0) is 0 Å². The monoisotopic (exact) mass is 287 g/mol. The first-order valence-electron chi connectivity index (χ1n) is 5.72. The van der Waals surface area contributed by atoms with Gasteiger partial charge >= 0.3 is 0 Å². The highest BCUT2D eigenvalue weighted by molar-refractivity contribution is 8.22. The molecule has 0 amide bonds. The molecule has 0 aliphatic rings. The molecule has 1 aromatic heterocycles. The van der Waals surface area contributed by atoms with Crippen molar-refractivity contribution in [3.05, 3.63) is 70.7 Å². The number of hydrogen-bond acceptors (Lipinski definition) is 4. The highest BCUT2D eigenvalue weighted by atomic mass is 32.2. The van der Waals surface area contributed by atoms with Crippen molar-refractivity contribution < 1.29 is 4.79 Å². The lowest BCUT2D eigenvalue weighted by atomic mass is 10.2. The molecule has 2 nitrogen and oxygen atoms in total. The van der Waals surface area contributed by atoms with Gasteiger partial charge in [-0.15, -0.1) is 11.8 Å². The van der Waals surface area contributed by atoms with E-state index in [-0.39, 0.29) is 5.78 Å². The molecule has 0 aliphatic heterocycles. The number of nitrogens with zero attached hydrogens (tertiary/aromatic N) is 1. The fraction of sp³-hybridized carbons (Fsp3) is 0.0667. The first-order valence-corrected chi connectivity index (χ1v) is 7.76. The SMILES string of the molecule is CS/C(=C/C(=O)c1cccnc1)Sc1ccccc1. The van der Waals surface area contributed by atoms with E-state index in [9.17, 15) is 4.79 Å². The predicted octanol–water partition coefficient (Wildman–Crippen LogP) is 4.26. The average Bonchev–Trinajstić information content (AvgIpc) is 2.48. The van der Waals surface area contributed by atoms with Gasteiger partial charge in [0.05, 0.1) is 0 Å². The summed E-state index contributed by atoms with van der Waals surface area (Å²) in [5.41, 5.74) is 0.614. The minimum Gasteiger partial charge on any atom is -0.289 e. The summed E-state index contributed by atoms with van der Waals surface area (Å²) < 4.78 is 0.972. The van der Waals surface area contributed by atoms with E-state index in [1.54, 1.807) is 54.1 Å². The minimum absolute atomic E-state index is 0.0131. The maximum Gasteiger partial charge on any atom is 0.189 e. The van der Waals surface area contributed by atoms with Crippen molar-refractivity contribution in [2.45, 2.75) is 4.90 Å². The molecule has 0 saturated heterocycles. The van der Waals surface area contributed by atoms with Crippen LogP contribution in [0.15, 0.2) is 70.1 Å². The molecule has 0 bridgehead atoms. The number of rotatable bonds is 5. The minimum atomic E-state index is -0.0131. The number of thioether (sulfide) groups is 2. The molecule has 0 aliphatic carbocycles. The Labute approximate surface area is 121 Å². The summed E-state index contributed by atoms with van der Waals surface area (Å²) in [6.45, 7) is 0. The van der Waals surface area contributed by atoms with E-state index in [4.69, 9.17) is 0 Å². The number of carbonyl (C=O) groups is 1. The van der Waals surface area contributed by atoms with Crippen LogP contribution in [0.25, 0.3) is 0 Å². The van der Waals surface area contributed by atoms with Gasteiger partial charge in [-0.3, -0.25) is 9.78 Å². The van der Waals surface area contributed by atoms with E-state index in [1.165, 1.54) is 0 Å². The molecule has 0 radical (unpaired) electrons. The van der Waals surface area contributed by atoms with E-state index >= 15 is 0 Å². The first-order chi connectivity index (χ1) is 9.29. The summed E-state index contributed by atoms with van der Waals surface area (Å²) in [5.74, 6) is -0.0131. The lowest BCUT2D eigenvalue weighted by Crippen LogP contribution is -1.95.